The topological polar surface area (TPSA) is 40.5 Å². The van der Waals surface area contributed by atoms with Crippen molar-refractivity contribution in [1.82, 2.24) is 0 Å². The Bertz CT molecular complexity index is 295. The molecule has 0 unspecified atom stereocenters. The molecule has 0 amide bonds. The first-order valence-electron chi connectivity index (χ1n) is 4.36. The van der Waals surface area contributed by atoms with Crippen molar-refractivity contribution in [1.29, 1.82) is 0 Å². The predicted octanol–water partition coefficient (Wildman–Crippen LogP) is 2.28. The van der Waals surface area contributed by atoms with Crippen LogP contribution in [0.15, 0.2) is 41.4 Å². The van der Waals surface area contributed by atoms with Crippen LogP contribution in [0.2, 0.25) is 0 Å². The lowest BCUT2D eigenvalue weighted by molar-refractivity contribution is 0.0921. The number of aliphatic hydroxyl groups is 2. The Morgan fingerprint density at radius 2 is 1.93 bits per heavy atom. The van der Waals surface area contributed by atoms with Crippen molar-refractivity contribution in [2.75, 3.05) is 6.61 Å². The van der Waals surface area contributed by atoms with Crippen molar-refractivity contribution >= 4 is 15.9 Å². The molecule has 3 heteroatoms. The van der Waals surface area contributed by atoms with Gasteiger partial charge >= 0.3 is 0 Å². The van der Waals surface area contributed by atoms with Gasteiger partial charge in [0.2, 0.25) is 0 Å². The molecule has 0 aliphatic heterocycles. The number of aliphatic hydroxyl groups excluding tert-OH is 2. The van der Waals surface area contributed by atoms with Gasteiger partial charge in [-0.3, -0.25) is 0 Å². The van der Waals surface area contributed by atoms with E-state index in [-0.39, 0.29) is 12.5 Å². The average Bonchev–Trinajstić information content (AvgIpc) is 2.20. The molecule has 2 nitrogen and oxygen atoms in total. The minimum Gasteiger partial charge on any atom is -0.396 e. The zero-order valence-corrected chi connectivity index (χ0v) is 9.31. The minimum absolute atomic E-state index is 0.0965. The van der Waals surface area contributed by atoms with Gasteiger partial charge in [-0.15, -0.1) is 6.58 Å². The van der Waals surface area contributed by atoms with Crippen molar-refractivity contribution < 1.29 is 10.2 Å². The molecule has 0 saturated carbocycles. The molecule has 0 spiro atoms. The lowest BCUT2D eigenvalue weighted by Crippen LogP contribution is -2.13. The number of rotatable bonds is 4. The van der Waals surface area contributed by atoms with Crippen LogP contribution < -0.4 is 0 Å². The Labute approximate surface area is 92.0 Å². The van der Waals surface area contributed by atoms with E-state index >= 15 is 0 Å². The Kier molecular flexibility index (Phi) is 4.32. The largest absolute Gasteiger partial charge is 0.396 e. The molecule has 1 rings (SSSR count). The number of halogens is 1. The van der Waals surface area contributed by atoms with Gasteiger partial charge in [-0.25, -0.2) is 0 Å². The lowest BCUT2D eigenvalue weighted by atomic mass is 9.97. The Morgan fingerprint density at radius 1 is 1.36 bits per heavy atom. The standard InChI is InChI=1S/C11H13BrO2/c1-2-8(7-13)11(14)9-3-5-10(12)6-4-9/h2-6,8,11,13-14H,1,7H2/t8-,11+/m1/s1. The van der Waals surface area contributed by atoms with Crippen LogP contribution in [0.1, 0.15) is 11.7 Å². The van der Waals surface area contributed by atoms with E-state index < -0.39 is 6.10 Å². The summed E-state index contributed by atoms with van der Waals surface area (Å²) in [4.78, 5) is 0. The fraction of sp³-hybridized carbons (Fsp3) is 0.273. The van der Waals surface area contributed by atoms with Gasteiger partial charge in [-0.1, -0.05) is 34.1 Å². The van der Waals surface area contributed by atoms with E-state index in [1.165, 1.54) is 0 Å². The average molecular weight is 257 g/mol. The molecular weight excluding hydrogens is 244 g/mol. The molecule has 0 fully saturated rings. The maximum atomic E-state index is 9.82. The highest BCUT2D eigenvalue weighted by atomic mass is 79.9. The molecule has 2 atom stereocenters. The van der Waals surface area contributed by atoms with Crippen LogP contribution >= 0.6 is 15.9 Å². The van der Waals surface area contributed by atoms with Crippen LogP contribution in [0.25, 0.3) is 0 Å². The summed E-state index contributed by atoms with van der Waals surface area (Å²) < 4.78 is 0.965. The summed E-state index contributed by atoms with van der Waals surface area (Å²) in [6.45, 7) is 3.47. The maximum absolute atomic E-state index is 9.82. The van der Waals surface area contributed by atoms with Crippen molar-refractivity contribution in [3.63, 3.8) is 0 Å². The van der Waals surface area contributed by atoms with Crippen molar-refractivity contribution in [2.45, 2.75) is 6.10 Å². The molecule has 1 aromatic carbocycles. The van der Waals surface area contributed by atoms with Gasteiger partial charge in [-0.05, 0) is 17.7 Å². The summed E-state index contributed by atoms with van der Waals surface area (Å²) in [6.07, 6.45) is 0.873. The Balaban J connectivity index is 2.82. The molecular formula is C11H13BrO2. The van der Waals surface area contributed by atoms with Crippen LogP contribution in [0.4, 0.5) is 0 Å². The first-order valence-corrected chi connectivity index (χ1v) is 5.15. The Hall–Kier alpha value is -0.640. The molecule has 14 heavy (non-hydrogen) atoms. The quantitative estimate of drug-likeness (QED) is 0.812. The molecule has 0 aliphatic carbocycles. The zero-order valence-electron chi connectivity index (χ0n) is 7.73. The zero-order chi connectivity index (χ0) is 10.6. The van der Waals surface area contributed by atoms with Crippen molar-refractivity contribution in [3.8, 4) is 0 Å². The summed E-state index contributed by atoms with van der Waals surface area (Å²) in [7, 11) is 0. The maximum Gasteiger partial charge on any atom is 0.0874 e. The normalized spacial score (nSPS) is 14.8. The predicted molar refractivity (Wildman–Crippen MR) is 59.9 cm³/mol. The third kappa shape index (κ3) is 2.67. The highest BCUT2D eigenvalue weighted by molar-refractivity contribution is 9.10. The third-order valence-corrected chi connectivity index (χ3v) is 2.66. The molecule has 0 saturated heterocycles. The molecule has 0 bridgehead atoms. The van der Waals surface area contributed by atoms with E-state index in [2.05, 4.69) is 22.5 Å². The third-order valence-electron chi connectivity index (χ3n) is 2.13. The van der Waals surface area contributed by atoms with Crippen LogP contribution in [-0.2, 0) is 0 Å². The van der Waals surface area contributed by atoms with E-state index in [4.69, 9.17) is 5.11 Å². The molecule has 0 radical (unpaired) electrons. The van der Waals surface area contributed by atoms with Crippen LogP contribution in [0.3, 0.4) is 0 Å². The fourth-order valence-electron chi connectivity index (χ4n) is 1.21. The van der Waals surface area contributed by atoms with Gasteiger partial charge in [0.05, 0.1) is 12.7 Å². The number of hydrogen-bond acceptors (Lipinski definition) is 2. The van der Waals surface area contributed by atoms with Crippen molar-refractivity contribution in [3.05, 3.63) is 47.0 Å². The number of benzene rings is 1. The van der Waals surface area contributed by atoms with Gasteiger partial charge < -0.3 is 10.2 Å². The van der Waals surface area contributed by atoms with Gasteiger partial charge in [0.1, 0.15) is 0 Å². The van der Waals surface area contributed by atoms with Gasteiger partial charge in [0.15, 0.2) is 0 Å². The molecule has 0 aliphatic rings. The first kappa shape index (κ1) is 11.4. The summed E-state index contributed by atoms with van der Waals surface area (Å²) >= 11 is 3.31. The summed E-state index contributed by atoms with van der Waals surface area (Å²) in [5, 5.41) is 18.8. The second-order valence-corrected chi connectivity index (χ2v) is 3.99. The summed E-state index contributed by atoms with van der Waals surface area (Å²) in [5.41, 5.74) is 0.784. The van der Waals surface area contributed by atoms with E-state index in [1.807, 2.05) is 24.3 Å². The second-order valence-electron chi connectivity index (χ2n) is 3.08. The van der Waals surface area contributed by atoms with Crippen LogP contribution in [-0.4, -0.2) is 16.8 Å². The molecule has 2 N–H and O–H groups in total. The number of hydrogen-bond donors (Lipinski definition) is 2. The summed E-state index contributed by atoms with van der Waals surface area (Å²) in [5.74, 6) is -0.309. The van der Waals surface area contributed by atoms with Gasteiger partial charge in [-0.2, -0.15) is 0 Å². The highest BCUT2D eigenvalue weighted by Gasteiger charge is 2.16. The van der Waals surface area contributed by atoms with E-state index in [0.717, 1.165) is 10.0 Å². The van der Waals surface area contributed by atoms with E-state index in [9.17, 15) is 5.11 Å². The smallest absolute Gasteiger partial charge is 0.0874 e. The van der Waals surface area contributed by atoms with Crippen LogP contribution in [0, 0.1) is 5.92 Å². The molecule has 76 valence electrons. The SMILES string of the molecule is C=C[C@H](CO)[C@H](O)c1ccc(Br)cc1. The monoisotopic (exact) mass is 256 g/mol. The van der Waals surface area contributed by atoms with Gasteiger partial charge in [0.25, 0.3) is 0 Å². The van der Waals surface area contributed by atoms with E-state index in [1.54, 1.807) is 6.08 Å². The lowest BCUT2D eigenvalue weighted by Gasteiger charge is -2.17. The fourth-order valence-corrected chi connectivity index (χ4v) is 1.47. The first-order chi connectivity index (χ1) is 6.69. The minimum atomic E-state index is -0.689. The molecule has 1 aromatic rings. The van der Waals surface area contributed by atoms with Crippen molar-refractivity contribution in [2.24, 2.45) is 5.92 Å². The van der Waals surface area contributed by atoms with Crippen LogP contribution in [0.5, 0.6) is 0 Å². The summed E-state index contributed by atoms with van der Waals surface area (Å²) in [6, 6.07) is 7.36. The molecule has 0 aromatic heterocycles. The van der Waals surface area contributed by atoms with Gasteiger partial charge in [0, 0.05) is 10.4 Å². The Morgan fingerprint density at radius 3 is 2.36 bits per heavy atom. The molecule has 0 heterocycles. The van der Waals surface area contributed by atoms with E-state index in [0.29, 0.717) is 0 Å². The second kappa shape index (κ2) is 5.29. The highest BCUT2D eigenvalue weighted by Crippen LogP contribution is 2.23.